The van der Waals surface area contributed by atoms with Crippen LogP contribution in [0, 0.1) is 5.82 Å². The second-order valence-corrected chi connectivity index (χ2v) is 6.60. The van der Waals surface area contributed by atoms with Crippen LogP contribution in [0.3, 0.4) is 0 Å². The van der Waals surface area contributed by atoms with E-state index in [0.29, 0.717) is 36.1 Å². The molecule has 5 nitrogen and oxygen atoms in total. The van der Waals surface area contributed by atoms with Crippen LogP contribution in [0.2, 0.25) is 5.02 Å². The smallest absolute Gasteiger partial charge is 0.164 e. The summed E-state index contributed by atoms with van der Waals surface area (Å²) in [5.74, 6) is 2.39. The molecule has 0 saturated carbocycles. The minimum absolute atomic E-state index is 0.260. The molecule has 2 aromatic rings. The summed E-state index contributed by atoms with van der Waals surface area (Å²) in [5, 5.41) is 0.637. The first-order valence-electron chi connectivity index (χ1n) is 8.50. The highest BCUT2D eigenvalue weighted by molar-refractivity contribution is 6.30. The van der Waals surface area contributed by atoms with Crippen LogP contribution >= 0.6 is 11.6 Å². The Morgan fingerprint density at radius 2 is 1.85 bits per heavy atom. The largest absolute Gasteiger partial charge is 0.478 e. The molecule has 0 radical (unpaired) electrons. The molecule has 0 bridgehead atoms. The maximum Gasteiger partial charge on any atom is 0.164 e. The van der Waals surface area contributed by atoms with Gasteiger partial charge in [0.25, 0.3) is 0 Å². The molecule has 0 aliphatic carbocycles. The number of nitrogens with zero attached hydrogens (tertiary/aromatic N) is 2. The van der Waals surface area contributed by atoms with E-state index in [9.17, 15) is 9.18 Å². The Hall–Kier alpha value is -2.37. The molecule has 0 spiro atoms. The van der Waals surface area contributed by atoms with Crippen molar-refractivity contribution in [3.8, 4) is 5.75 Å². The summed E-state index contributed by atoms with van der Waals surface area (Å²) in [4.78, 5) is 15.4. The maximum absolute atomic E-state index is 13.1. The number of hydrogen-bond acceptors (Lipinski definition) is 5. The van der Waals surface area contributed by atoms with Crippen molar-refractivity contribution >= 4 is 17.5 Å². The zero-order chi connectivity index (χ0) is 19.2. The van der Waals surface area contributed by atoms with Gasteiger partial charge in [-0.15, -0.1) is 0 Å². The standard InChI is InChI=1S/C20H20ClFN2O3/c1-26-20-19(13-25)23(12-15-2-6-17(22)7-3-15)10-11-24(20)14-27-18-8-4-16(21)5-9-18/h2-9,20H,10-12,14H2,1H3. The normalized spacial score (nSPS) is 17.7. The van der Waals surface area contributed by atoms with Gasteiger partial charge < -0.3 is 14.4 Å². The second kappa shape index (κ2) is 9.02. The van der Waals surface area contributed by atoms with Crippen LogP contribution in [-0.2, 0) is 16.1 Å². The Bertz CT molecular complexity index is 807. The third kappa shape index (κ3) is 4.87. The van der Waals surface area contributed by atoms with Crippen LogP contribution in [0.1, 0.15) is 5.56 Å². The molecule has 27 heavy (non-hydrogen) atoms. The highest BCUT2D eigenvalue weighted by Crippen LogP contribution is 2.23. The lowest BCUT2D eigenvalue weighted by atomic mass is 10.1. The number of carbonyl (C=O) groups excluding carboxylic acids is 1. The van der Waals surface area contributed by atoms with E-state index in [2.05, 4.69) is 0 Å². The van der Waals surface area contributed by atoms with E-state index in [1.54, 1.807) is 43.5 Å². The topological polar surface area (TPSA) is 42.0 Å². The van der Waals surface area contributed by atoms with Crippen molar-refractivity contribution in [3.63, 3.8) is 0 Å². The van der Waals surface area contributed by atoms with Gasteiger partial charge >= 0.3 is 0 Å². The van der Waals surface area contributed by atoms with Crippen LogP contribution in [0.15, 0.2) is 54.2 Å². The van der Waals surface area contributed by atoms with Gasteiger partial charge in [0, 0.05) is 31.8 Å². The van der Waals surface area contributed by atoms with Crippen molar-refractivity contribution in [2.75, 3.05) is 26.9 Å². The average Bonchev–Trinajstić information content (AvgIpc) is 2.69. The number of halogens is 2. The zero-order valence-electron chi connectivity index (χ0n) is 14.9. The lowest BCUT2D eigenvalue weighted by Gasteiger charge is -2.41. The molecule has 1 saturated heterocycles. The third-order valence-corrected chi connectivity index (χ3v) is 4.64. The van der Waals surface area contributed by atoms with Crippen LogP contribution in [-0.4, -0.2) is 48.9 Å². The second-order valence-electron chi connectivity index (χ2n) is 6.16. The summed E-state index contributed by atoms with van der Waals surface area (Å²) in [6.45, 7) is 1.98. The highest BCUT2D eigenvalue weighted by atomic mass is 35.5. The first-order valence-corrected chi connectivity index (χ1v) is 8.88. The third-order valence-electron chi connectivity index (χ3n) is 4.39. The molecule has 1 unspecified atom stereocenters. The molecule has 1 atom stereocenters. The molecule has 1 heterocycles. The molecule has 0 N–H and O–H groups in total. The Labute approximate surface area is 162 Å². The monoisotopic (exact) mass is 390 g/mol. The summed E-state index contributed by atoms with van der Waals surface area (Å²) in [7, 11) is 1.54. The van der Waals surface area contributed by atoms with E-state index in [0.717, 1.165) is 5.56 Å². The van der Waals surface area contributed by atoms with Gasteiger partial charge in [-0.1, -0.05) is 23.7 Å². The number of rotatable bonds is 6. The van der Waals surface area contributed by atoms with Gasteiger partial charge in [0.1, 0.15) is 29.9 Å². The van der Waals surface area contributed by atoms with Crippen molar-refractivity contribution in [2.24, 2.45) is 0 Å². The first kappa shape index (κ1) is 19.4. The van der Waals surface area contributed by atoms with Crippen LogP contribution in [0.5, 0.6) is 5.75 Å². The van der Waals surface area contributed by atoms with Crippen molar-refractivity contribution in [2.45, 2.75) is 12.8 Å². The fraction of sp³-hybridized carbons (Fsp3) is 0.300. The van der Waals surface area contributed by atoms with Crippen LogP contribution < -0.4 is 4.74 Å². The lowest BCUT2D eigenvalue weighted by molar-refractivity contribution is -0.0778. The molecule has 142 valence electrons. The summed E-state index contributed by atoms with van der Waals surface area (Å²) in [6, 6.07) is 13.3. The maximum atomic E-state index is 13.1. The Balaban J connectivity index is 1.66. The number of methoxy groups -OCH3 is 1. The fourth-order valence-corrected chi connectivity index (χ4v) is 3.11. The number of benzene rings is 2. The quantitative estimate of drug-likeness (QED) is 0.708. The minimum Gasteiger partial charge on any atom is -0.478 e. The predicted molar refractivity (Wildman–Crippen MR) is 100 cm³/mol. The van der Waals surface area contributed by atoms with Crippen LogP contribution in [0.4, 0.5) is 4.39 Å². The van der Waals surface area contributed by atoms with Gasteiger partial charge in [-0.3, -0.25) is 0 Å². The summed E-state index contributed by atoms with van der Waals surface area (Å²) < 4.78 is 24.4. The number of hydrogen-bond donors (Lipinski definition) is 0. The molecule has 1 aliphatic heterocycles. The van der Waals surface area contributed by atoms with Crippen LogP contribution in [0.25, 0.3) is 0 Å². The van der Waals surface area contributed by atoms with Crippen molar-refractivity contribution in [1.82, 2.24) is 9.80 Å². The van der Waals surface area contributed by atoms with Gasteiger partial charge in [0.05, 0.1) is 0 Å². The molecule has 2 aromatic carbocycles. The van der Waals surface area contributed by atoms with E-state index < -0.39 is 6.23 Å². The first-order chi connectivity index (χ1) is 13.1. The van der Waals surface area contributed by atoms with E-state index >= 15 is 0 Å². The fourth-order valence-electron chi connectivity index (χ4n) is 2.99. The van der Waals surface area contributed by atoms with E-state index in [4.69, 9.17) is 21.1 Å². The van der Waals surface area contributed by atoms with Gasteiger partial charge in [-0.05, 0) is 42.0 Å². The van der Waals surface area contributed by atoms with E-state index in [-0.39, 0.29) is 12.5 Å². The molecule has 1 fully saturated rings. The highest BCUT2D eigenvalue weighted by Gasteiger charge is 2.33. The van der Waals surface area contributed by atoms with Gasteiger partial charge in [-0.2, -0.15) is 0 Å². The molecular formula is C20H20ClFN2O3. The molecule has 3 rings (SSSR count). The Morgan fingerprint density at radius 1 is 1.15 bits per heavy atom. The van der Waals surface area contributed by atoms with Gasteiger partial charge in [-0.25, -0.2) is 14.1 Å². The molecule has 1 aliphatic rings. The molecular weight excluding hydrogens is 371 g/mol. The summed E-state index contributed by atoms with van der Waals surface area (Å²) in [5.41, 5.74) is 1.30. The van der Waals surface area contributed by atoms with Gasteiger partial charge in [0.15, 0.2) is 6.23 Å². The SMILES string of the molecule is COC1C(=C=O)N(Cc2ccc(F)cc2)CCN1COc1ccc(Cl)cc1. The number of ether oxygens (including phenoxy) is 2. The summed E-state index contributed by atoms with van der Waals surface area (Å²) >= 11 is 5.88. The van der Waals surface area contributed by atoms with Crippen molar-refractivity contribution < 1.29 is 18.7 Å². The minimum atomic E-state index is -0.566. The summed E-state index contributed by atoms with van der Waals surface area (Å²) in [6.07, 6.45) is -0.566. The molecule has 7 heteroatoms. The molecule has 0 aromatic heterocycles. The zero-order valence-corrected chi connectivity index (χ0v) is 15.7. The Kier molecular flexibility index (Phi) is 6.48. The Morgan fingerprint density at radius 3 is 2.48 bits per heavy atom. The van der Waals surface area contributed by atoms with E-state index in [1.807, 2.05) is 15.7 Å². The average molecular weight is 391 g/mol. The molecule has 0 amide bonds. The lowest BCUT2D eigenvalue weighted by Crippen LogP contribution is -2.53. The van der Waals surface area contributed by atoms with Gasteiger partial charge in [0.2, 0.25) is 0 Å². The predicted octanol–water partition coefficient (Wildman–Crippen LogP) is 3.32. The number of piperazine rings is 1. The van der Waals surface area contributed by atoms with E-state index in [1.165, 1.54) is 12.1 Å². The van der Waals surface area contributed by atoms with Crippen molar-refractivity contribution in [3.05, 3.63) is 70.6 Å². The van der Waals surface area contributed by atoms with Crippen molar-refractivity contribution in [1.29, 1.82) is 0 Å².